The zero-order chi connectivity index (χ0) is 14.5. The highest BCUT2D eigenvalue weighted by Crippen LogP contribution is 2.30. The van der Waals surface area contributed by atoms with E-state index in [-0.39, 0.29) is 12.0 Å². The molecule has 3 heteroatoms. The standard InChI is InChI=1S/C17H16F2O/c1-2-6-13-15(12-7-4-3-5-8-12)11-16(18)14(9-10-20)17(13)19/h3-5,7-8,10-11H,2,6,9H2,1H3. The van der Waals surface area contributed by atoms with Gasteiger partial charge in [0.2, 0.25) is 0 Å². The Balaban J connectivity index is 2.65. The van der Waals surface area contributed by atoms with E-state index >= 15 is 0 Å². The summed E-state index contributed by atoms with van der Waals surface area (Å²) in [5.41, 5.74) is 1.70. The van der Waals surface area contributed by atoms with Gasteiger partial charge >= 0.3 is 0 Å². The summed E-state index contributed by atoms with van der Waals surface area (Å²) in [5, 5.41) is 0. The number of halogens is 2. The lowest BCUT2D eigenvalue weighted by Crippen LogP contribution is -2.04. The summed E-state index contributed by atoms with van der Waals surface area (Å²) in [7, 11) is 0. The van der Waals surface area contributed by atoms with E-state index in [0.717, 1.165) is 12.0 Å². The molecule has 2 aromatic rings. The second-order valence-corrected chi connectivity index (χ2v) is 4.66. The number of aldehydes is 1. The molecule has 0 fully saturated rings. The minimum absolute atomic E-state index is 0.136. The largest absolute Gasteiger partial charge is 0.303 e. The summed E-state index contributed by atoms with van der Waals surface area (Å²) in [6.45, 7) is 1.94. The Morgan fingerprint density at radius 2 is 1.80 bits per heavy atom. The van der Waals surface area contributed by atoms with E-state index in [0.29, 0.717) is 23.8 Å². The molecule has 0 heterocycles. The van der Waals surface area contributed by atoms with Gasteiger partial charge in [-0.1, -0.05) is 43.7 Å². The quantitative estimate of drug-likeness (QED) is 0.742. The van der Waals surface area contributed by atoms with Gasteiger partial charge in [-0.2, -0.15) is 0 Å². The van der Waals surface area contributed by atoms with Gasteiger partial charge in [0.1, 0.15) is 17.9 Å². The van der Waals surface area contributed by atoms with E-state index in [4.69, 9.17) is 0 Å². The van der Waals surface area contributed by atoms with Crippen molar-refractivity contribution >= 4 is 6.29 Å². The van der Waals surface area contributed by atoms with Crippen LogP contribution in [0.3, 0.4) is 0 Å². The van der Waals surface area contributed by atoms with Crippen molar-refractivity contribution < 1.29 is 13.6 Å². The first-order chi connectivity index (χ1) is 9.69. The van der Waals surface area contributed by atoms with Crippen molar-refractivity contribution in [2.45, 2.75) is 26.2 Å². The number of carbonyl (C=O) groups excluding carboxylic acids is 1. The van der Waals surface area contributed by atoms with Crippen LogP contribution in [0, 0.1) is 11.6 Å². The summed E-state index contributed by atoms with van der Waals surface area (Å²) >= 11 is 0. The molecule has 20 heavy (non-hydrogen) atoms. The van der Waals surface area contributed by atoms with Crippen molar-refractivity contribution in [1.29, 1.82) is 0 Å². The highest BCUT2D eigenvalue weighted by atomic mass is 19.1. The molecule has 0 aliphatic carbocycles. The number of hydrogen-bond acceptors (Lipinski definition) is 1. The van der Waals surface area contributed by atoms with Crippen molar-refractivity contribution in [3.63, 3.8) is 0 Å². The maximum atomic E-state index is 14.5. The maximum absolute atomic E-state index is 14.5. The Bertz CT molecular complexity index is 606. The third kappa shape index (κ3) is 2.77. The molecule has 0 saturated carbocycles. The molecule has 0 radical (unpaired) electrons. The van der Waals surface area contributed by atoms with Crippen LogP contribution in [0.2, 0.25) is 0 Å². The lowest BCUT2D eigenvalue weighted by atomic mass is 9.93. The van der Waals surface area contributed by atoms with E-state index in [1.54, 1.807) is 0 Å². The smallest absolute Gasteiger partial charge is 0.133 e. The molecule has 2 aromatic carbocycles. The Morgan fingerprint density at radius 1 is 1.10 bits per heavy atom. The normalized spacial score (nSPS) is 10.6. The van der Waals surface area contributed by atoms with Crippen molar-refractivity contribution in [2.24, 2.45) is 0 Å². The van der Waals surface area contributed by atoms with Crippen LogP contribution < -0.4 is 0 Å². The molecule has 0 spiro atoms. The highest BCUT2D eigenvalue weighted by molar-refractivity contribution is 5.69. The monoisotopic (exact) mass is 274 g/mol. The Hall–Kier alpha value is -2.03. The molecule has 104 valence electrons. The van der Waals surface area contributed by atoms with Gasteiger partial charge in [-0.05, 0) is 29.2 Å². The van der Waals surface area contributed by atoms with E-state index in [1.807, 2.05) is 37.3 Å². The van der Waals surface area contributed by atoms with Crippen molar-refractivity contribution in [1.82, 2.24) is 0 Å². The molecule has 0 bridgehead atoms. The first-order valence-corrected chi connectivity index (χ1v) is 6.67. The zero-order valence-corrected chi connectivity index (χ0v) is 11.3. The molecular weight excluding hydrogens is 258 g/mol. The Kier molecular flexibility index (Phi) is 4.61. The van der Waals surface area contributed by atoms with Crippen molar-refractivity contribution in [3.8, 4) is 11.1 Å². The van der Waals surface area contributed by atoms with Gasteiger partial charge in [0.25, 0.3) is 0 Å². The lowest BCUT2D eigenvalue weighted by molar-refractivity contribution is -0.107. The van der Waals surface area contributed by atoms with Gasteiger partial charge in [-0.3, -0.25) is 0 Å². The molecule has 0 saturated heterocycles. The van der Waals surface area contributed by atoms with Crippen LogP contribution >= 0.6 is 0 Å². The maximum Gasteiger partial charge on any atom is 0.133 e. The number of hydrogen-bond donors (Lipinski definition) is 0. The van der Waals surface area contributed by atoms with E-state index in [1.165, 1.54) is 6.07 Å². The molecule has 0 aliphatic heterocycles. The van der Waals surface area contributed by atoms with Crippen LogP contribution in [0.5, 0.6) is 0 Å². The average Bonchev–Trinajstić information content (AvgIpc) is 2.47. The minimum atomic E-state index is -0.659. The highest BCUT2D eigenvalue weighted by Gasteiger charge is 2.18. The SMILES string of the molecule is CCCc1c(-c2ccccc2)cc(F)c(CC=O)c1F. The average molecular weight is 274 g/mol. The van der Waals surface area contributed by atoms with Gasteiger partial charge in [0, 0.05) is 12.0 Å². The fourth-order valence-electron chi connectivity index (χ4n) is 2.35. The summed E-state index contributed by atoms with van der Waals surface area (Å²) in [4.78, 5) is 10.6. The molecule has 0 amide bonds. The first kappa shape index (κ1) is 14.4. The molecule has 2 rings (SSSR count). The second-order valence-electron chi connectivity index (χ2n) is 4.66. The fraction of sp³-hybridized carbons (Fsp3) is 0.235. The topological polar surface area (TPSA) is 17.1 Å². The summed E-state index contributed by atoms with van der Waals surface area (Å²) in [6.07, 6.45) is 1.56. The molecular formula is C17H16F2O. The fourth-order valence-corrected chi connectivity index (χ4v) is 2.35. The summed E-state index contributed by atoms with van der Waals surface area (Å²) in [5.74, 6) is -1.24. The van der Waals surface area contributed by atoms with Crippen molar-refractivity contribution in [3.05, 3.63) is 59.2 Å². The number of benzene rings is 2. The van der Waals surface area contributed by atoms with Crippen LogP contribution in [-0.4, -0.2) is 6.29 Å². The number of rotatable bonds is 5. The summed E-state index contributed by atoms with van der Waals surface area (Å²) < 4.78 is 28.5. The van der Waals surface area contributed by atoms with Gasteiger partial charge < -0.3 is 4.79 Å². The number of carbonyl (C=O) groups is 1. The predicted molar refractivity (Wildman–Crippen MR) is 75.6 cm³/mol. The van der Waals surface area contributed by atoms with Gasteiger partial charge in [-0.25, -0.2) is 8.78 Å². The molecule has 1 nitrogen and oxygen atoms in total. The van der Waals surface area contributed by atoms with E-state index < -0.39 is 11.6 Å². The van der Waals surface area contributed by atoms with Crippen molar-refractivity contribution in [2.75, 3.05) is 0 Å². The van der Waals surface area contributed by atoms with Gasteiger partial charge in [0.05, 0.1) is 0 Å². The van der Waals surface area contributed by atoms with Gasteiger partial charge in [-0.15, -0.1) is 0 Å². The van der Waals surface area contributed by atoms with Crippen LogP contribution in [-0.2, 0) is 17.6 Å². The van der Waals surface area contributed by atoms with E-state index in [9.17, 15) is 13.6 Å². The predicted octanol–water partition coefficient (Wildman–Crippen LogP) is 4.33. The molecule has 0 N–H and O–H groups in total. The van der Waals surface area contributed by atoms with Gasteiger partial charge in [0.15, 0.2) is 0 Å². The molecule has 0 aromatic heterocycles. The Labute approximate surface area is 117 Å². The first-order valence-electron chi connectivity index (χ1n) is 6.67. The lowest BCUT2D eigenvalue weighted by Gasteiger charge is -2.14. The van der Waals surface area contributed by atoms with Crippen LogP contribution in [0.4, 0.5) is 8.78 Å². The molecule has 0 atom stereocenters. The van der Waals surface area contributed by atoms with Crippen LogP contribution in [0.25, 0.3) is 11.1 Å². The minimum Gasteiger partial charge on any atom is -0.303 e. The van der Waals surface area contributed by atoms with Crippen LogP contribution in [0.15, 0.2) is 36.4 Å². The zero-order valence-electron chi connectivity index (χ0n) is 11.3. The Morgan fingerprint density at radius 3 is 2.40 bits per heavy atom. The van der Waals surface area contributed by atoms with Crippen LogP contribution in [0.1, 0.15) is 24.5 Å². The second kappa shape index (κ2) is 6.42. The van der Waals surface area contributed by atoms with E-state index in [2.05, 4.69) is 0 Å². The molecule has 0 unspecified atom stereocenters. The molecule has 0 aliphatic rings. The summed E-state index contributed by atoms with van der Waals surface area (Å²) in [6, 6.07) is 10.5. The third-order valence-electron chi connectivity index (χ3n) is 3.29. The third-order valence-corrected chi connectivity index (χ3v) is 3.29.